The van der Waals surface area contributed by atoms with Gasteiger partial charge in [-0.1, -0.05) is 172 Å². The van der Waals surface area contributed by atoms with E-state index >= 15 is 0 Å². The van der Waals surface area contributed by atoms with Crippen molar-refractivity contribution < 1.29 is 89.4 Å². The van der Waals surface area contributed by atoms with Crippen molar-refractivity contribution in [3.05, 3.63) is 36.5 Å². The Labute approximate surface area is 453 Å². The Morgan fingerprint density at radius 1 is 0.461 bits per heavy atom. The van der Waals surface area contributed by atoms with Crippen LogP contribution in [0.2, 0.25) is 0 Å². The van der Waals surface area contributed by atoms with Crippen molar-refractivity contribution in [2.24, 2.45) is 0 Å². The standard InChI is InChI=1S/C57H103NO18/c1-3-5-7-9-11-13-15-17-19-21-22-24-26-28-30-32-34-41(62)40(58-45(63)35-33-31-29-27-25-23-20-18-16-14-12-10-8-6-4-2)39-71-55-51(69)48(66)53(43(37-60)73-55)76-57-52(70)49(67)54(44(38-61)74-57)75-56-50(68)47(65)46(64)42(36-59)72-56/h17,19,24,26,32,34,40-44,46-57,59-62,64-70H,3-16,18,20-23,25,27-31,33,35-39H2,1-2H3,(H,58,63)/b19-17+,26-24+,34-32+. The predicted octanol–water partition coefficient (Wildman–Crippen LogP) is 4.54. The molecule has 0 bridgehead atoms. The van der Waals surface area contributed by atoms with Crippen LogP contribution >= 0.6 is 0 Å². The van der Waals surface area contributed by atoms with E-state index in [0.717, 1.165) is 44.9 Å². The molecule has 17 atom stereocenters. The van der Waals surface area contributed by atoms with Crippen LogP contribution in [-0.4, -0.2) is 193 Å². The molecule has 3 aliphatic heterocycles. The van der Waals surface area contributed by atoms with Gasteiger partial charge in [0, 0.05) is 6.42 Å². The number of hydrogen-bond acceptors (Lipinski definition) is 18. The number of unbranched alkanes of at least 4 members (excludes halogenated alkanes) is 22. The van der Waals surface area contributed by atoms with E-state index in [1.165, 1.54) is 109 Å². The molecule has 0 saturated carbocycles. The summed E-state index contributed by atoms with van der Waals surface area (Å²) in [7, 11) is 0. The van der Waals surface area contributed by atoms with Crippen LogP contribution in [0.1, 0.15) is 187 Å². The number of carbonyl (C=O) groups excluding carboxylic acids is 1. The van der Waals surface area contributed by atoms with Gasteiger partial charge in [0.25, 0.3) is 0 Å². The van der Waals surface area contributed by atoms with Crippen molar-refractivity contribution in [1.29, 1.82) is 0 Å². The first-order valence-electron chi connectivity index (χ1n) is 29.2. The van der Waals surface area contributed by atoms with Crippen LogP contribution < -0.4 is 5.32 Å². The highest BCUT2D eigenvalue weighted by Gasteiger charge is 2.53. The summed E-state index contributed by atoms with van der Waals surface area (Å²) >= 11 is 0. The van der Waals surface area contributed by atoms with Crippen LogP contribution in [0.5, 0.6) is 0 Å². The molecular formula is C57H103NO18. The molecule has 3 saturated heterocycles. The first-order chi connectivity index (χ1) is 36.8. The summed E-state index contributed by atoms with van der Waals surface area (Å²) in [6.07, 6.45) is 15.6. The van der Waals surface area contributed by atoms with Crippen molar-refractivity contribution in [2.45, 2.75) is 291 Å². The predicted molar refractivity (Wildman–Crippen MR) is 286 cm³/mol. The molecule has 0 aromatic carbocycles. The van der Waals surface area contributed by atoms with E-state index in [0.29, 0.717) is 12.8 Å². The molecule has 3 heterocycles. The zero-order valence-electron chi connectivity index (χ0n) is 46.0. The maximum Gasteiger partial charge on any atom is 0.220 e. The second-order valence-electron chi connectivity index (χ2n) is 21.1. The van der Waals surface area contributed by atoms with Gasteiger partial charge in [0.05, 0.1) is 38.6 Å². The van der Waals surface area contributed by atoms with Gasteiger partial charge >= 0.3 is 0 Å². The second kappa shape index (κ2) is 41.1. The fourth-order valence-electron chi connectivity index (χ4n) is 9.81. The van der Waals surface area contributed by atoms with Gasteiger partial charge in [-0.25, -0.2) is 0 Å². The van der Waals surface area contributed by atoms with Gasteiger partial charge in [0.15, 0.2) is 18.9 Å². The normalized spacial score (nSPS) is 31.2. The number of allylic oxidation sites excluding steroid dienone is 5. The second-order valence-corrected chi connectivity index (χ2v) is 21.1. The fourth-order valence-corrected chi connectivity index (χ4v) is 9.81. The van der Waals surface area contributed by atoms with Gasteiger partial charge in [0.1, 0.15) is 73.2 Å². The largest absolute Gasteiger partial charge is 0.394 e. The molecule has 3 aliphatic rings. The molecule has 1 amide bonds. The molecule has 0 spiro atoms. The smallest absolute Gasteiger partial charge is 0.220 e. The Kier molecular flexibility index (Phi) is 36.9. The van der Waals surface area contributed by atoms with Gasteiger partial charge in [-0.2, -0.15) is 0 Å². The van der Waals surface area contributed by atoms with E-state index in [2.05, 4.69) is 43.5 Å². The Morgan fingerprint density at radius 2 is 0.842 bits per heavy atom. The Hall–Kier alpha value is -1.99. The molecule has 19 nitrogen and oxygen atoms in total. The molecule has 19 heteroatoms. The number of aliphatic hydroxyl groups excluding tert-OH is 11. The van der Waals surface area contributed by atoms with Gasteiger partial charge in [0.2, 0.25) is 5.91 Å². The monoisotopic (exact) mass is 1090 g/mol. The first kappa shape index (κ1) is 68.3. The minimum absolute atomic E-state index is 0.235. The van der Waals surface area contributed by atoms with E-state index in [4.69, 9.17) is 28.4 Å². The summed E-state index contributed by atoms with van der Waals surface area (Å²) in [5.41, 5.74) is 0. The summed E-state index contributed by atoms with van der Waals surface area (Å²) in [6.45, 7) is 1.67. The highest BCUT2D eigenvalue weighted by molar-refractivity contribution is 5.76. The lowest BCUT2D eigenvalue weighted by Gasteiger charge is -2.48. The molecule has 3 rings (SSSR count). The first-order valence-corrected chi connectivity index (χ1v) is 29.2. The molecule has 444 valence electrons. The van der Waals surface area contributed by atoms with Crippen molar-refractivity contribution in [3.63, 3.8) is 0 Å². The van der Waals surface area contributed by atoms with Crippen molar-refractivity contribution in [1.82, 2.24) is 5.32 Å². The zero-order valence-corrected chi connectivity index (χ0v) is 46.0. The SMILES string of the molecule is CCCCCCCC/C=C/CC/C=C/CC/C=C/C(O)C(COC1OC(CO)C(OC2OC(CO)C(OC3OC(CO)C(O)C(O)C3O)C(O)C2O)C(O)C1O)NC(=O)CCCCCCCCCCCCCCCCC. The fraction of sp³-hybridized carbons (Fsp3) is 0.877. The third-order valence-electron chi connectivity index (χ3n) is 14.7. The lowest BCUT2D eigenvalue weighted by atomic mass is 9.96. The minimum atomic E-state index is -1.98. The molecule has 76 heavy (non-hydrogen) atoms. The van der Waals surface area contributed by atoms with Gasteiger partial charge in [-0.15, -0.1) is 0 Å². The molecule has 0 aliphatic carbocycles. The Bertz CT molecular complexity index is 1540. The number of carbonyl (C=O) groups is 1. The van der Waals surface area contributed by atoms with Gasteiger partial charge in [-0.3, -0.25) is 4.79 Å². The van der Waals surface area contributed by atoms with Crippen molar-refractivity contribution in [2.75, 3.05) is 26.4 Å². The topological polar surface area (TPSA) is 307 Å². The molecule has 0 radical (unpaired) electrons. The molecular weight excluding hydrogens is 987 g/mol. The number of ether oxygens (including phenoxy) is 6. The summed E-state index contributed by atoms with van der Waals surface area (Å²) < 4.78 is 34.2. The molecule has 0 aromatic heterocycles. The van der Waals surface area contributed by atoms with Crippen LogP contribution in [0.25, 0.3) is 0 Å². The van der Waals surface area contributed by atoms with Crippen LogP contribution in [0, 0.1) is 0 Å². The number of hydrogen-bond donors (Lipinski definition) is 12. The van der Waals surface area contributed by atoms with Crippen LogP contribution in [0.4, 0.5) is 0 Å². The molecule has 3 fully saturated rings. The number of aliphatic hydroxyl groups is 11. The highest BCUT2D eigenvalue weighted by Crippen LogP contribution is 2.33. The van der Waals surface area contributed by atoms with Crippen molar-refractivity contribution >= 4 is 5.91 Å². The van der Waals surface area contributed by atoms with E-state index in [9.17, 15) is 61.0 Å². The third kappa shape index (κ3) is 25.2. The van der Waals surface area contributed by atoms with Crippen molar-refractivity contribution in [3.8, 4) is 0 Å². The maximum absolute atomic E-state index is 13.3. The lowest BCUT2D eigenvalue weighted by Crippen LogP contribution is -2.66. The average Bonchev–Trinajstić information content (AvgIpc) is 3.42. The quantitative estimate of drug-likeness (QED) is 0.0295. The Morgan fingerprint density at radius 3 is 1.32 bits per heavy atom. The zero-order chi connectivity index (χ0) is 55.5. The van der Waals surface area contributed by atoms with Crippen LogP contribution in [0.3, 0.4) is 0 Å². The molecule has 0 aromatic rings. The lowest BCUT2D eigenvalue weighted by molar-refractivity contribution is -0.379. The molecule has 17 unspecified atom stereocenters. The minimum Gasteiger partial charge on any atom is -0.394 e. The summed E-state index contributed by atoms with van der Waals surface area (Å²) in [6, 6.07) is -0.992. The number of nitrogens with one attached hydrogen (secondary N) is 1. The van der Waals surface area contributed by atoms with E-state index in [1.807, 2.05) is 6.08 Å². The summed E-state index contributed by atoms with van der Waals surface area (Å²) in [5, 5.41) is 120. The van der Waals surface area contributed by atoms with E-state index in [1.54, 1.807) is 6.08 Å². The van der Waals surface area contributed by atoms with Crippen LogP contribution in [0.15, 0.2) is 36.5 Å². The third-order valence-corrected chi connectivity index (χ3v) is 14.7. The number of rotatable bonds is 42. The Balaban J connectivity index is 1.54. The molecule has 12 N–H and O–H groups in total. The highest BCUT2D eigenvalue weighted by atomic mass is 16.8. The average molecular weight is 1090 g/mol. The van der Waals surface area contributed by atoms with E-state index < -0.39 is 124 Å². The summed E-state index contributed by atoms with van der Waals surface area (Å²) in [4.78, 5) is 13.3. The summed E-state index contributed by atoms with van der Waals surface area (Å²) in [5.74, 6) is -0.290. The number of amides is 1. The maximum atomic E-state index is 13.3. The van der Waals surface area contributed by atoms with E-state index in [-0.39, 0.29) is 18.9 Å². The van der Waals surface area contributed by atoms with Gasteiger partial charge < -0.3 is 89.9 Å². The van der Waals surface area contributed by atoms with Crippen LogP contribution in [-0.2, 0) is 33.2 Å². The van der Waals surface area contributed by atoms with Gasteiger partial charge in [-0.05, 0) is 44.9 Å².